The van der Waals surface area contributed by atoms with Crippen molar-refractivity contribution in [3.8, 4) is 5.75 Å². The number of carbonyl (C=O) groups excluding carboxylic acids is 2. The number of nitrogens with one attached hydrogen (secondary N) is 2. The third-order valence-electron chi connectivity index (χ3n) is 6.90. The van der Waals surface area contributed by atoms with Crippen LogP contribution in [0.1, 0.15) is 69.7 Å². The molecule has 1 saturated carbocycles. The van der Waals surface area contributed by atoms with E-state index in [2.05, 4.69) is 34.4 Å². The predicted molar refractivity (Wildman–Crippen MR) is 138 cm³/mol. The van der Waals surface area contributed by atoms with Gasteiger partial charge in [-0.3, -0.25) is 9.59 Å². The maximum Gasteiger partial charge on any atom is 0.251 e. The highest BCUT2D eigenvalue weighted by atomic mass is 16.5. The lowest BCUT2D eigenvalue weighted by Crippen LogP contribution is -2.54. The van der Waals surface area contributed by atoms with Gasteiger partial charge in [0.25, 0.3) is 5.91 Å². The van der Waals surface area contributed by atoms with Crippen molar-refractivity contribution < 1.29 is 14.3 Å². The van der Waals surface area contributed by atoms with Crippen molar-refractivity contribution in [2.75, 3.05) is 29.3 Å². The van der Waals surface area contributed by atoms with Crippen LogP contribution in [0.2, 0.25) is 0 Å². The summed E-state index contributed by atoms with van der Waals surface area (Å²) >= 11 is 0. The van der Waals surface area contributed by atoms with Crippen LogP contribution < -0.4 is 25.2 Å². The van der Waals surface area contributed by atoms with Crippen LogP contribution in [0.15, 0.2) is 24.4 Å². The van der Waals surface area contributed by atoms with E-state index in [9.17, 15) is 9.59 Å². The molecule has 2 amide bonds. The molecule has 0 spiro atoms. The standard InChI is InChI=1S/C26H36N6O3/c1-6-20-25(34)31(4)21-15-27-26(30-23(21)32(20)16(2)3)29-19-13-12-17(14-22(19)35-5)24(33)28-18-10-8-7-9-11-18/h12-16,18,20H,6-11H2,1-5H3,(H,28,33)(H,27,29,30)/t20-/m1/s1. The van der Waals surface area contributed by atoms with E-state index >= 15 is 0 Å². The lowest BCUT2D eigenvalue weighted by Gasteiger charge is -2.42. The molecule has 35 heavy (non-hydrogen) atoms. The SMILES string of the molecule is CC[C@@H]1C(=O)N(C)c2cnc(Nc3ccc(C(=O)NC4CCCCC4)cc3OC)nc2N1C(C)C. The first-order chi connectivity index (χ1) is 16.8. The van der Waals surface area contributed by atoms with Gasteiger partial charge in [0.2, 0.25) is 11.9 Å². The van der Waals surface area contributed by atoms with E-state index < -0.39 is 0 Å². The average Bonchev–Trinajstić information content (AvgIpc) is 2.86. The number of ether oxygens (including phenoxy) is 1. The number of methoxy groups -OCH3 is 1. The molecule has 0 bridgehead atoms. The highest BCUT2D eigenvalue weighted by molar-refractivity contribution is 6.04. The quantitative estimate of drug-likeness (QED) is 0.611. The summed E-state index contributed by atoms with van der Waals surface area (Å²) in [4.78, 5) is 38.6. The molecule has 1 aromatic heterocycles. The Morgan fingerprint density at radius 2 is 1.97 bits per heavy atom. The van der Waals surface area contributed by atoms with Gasteiger partial charge in [0.05, 0.1) is 19.0 Å². The fourth-order valence-electron chi connectivity index (χ4n) is 5.01. The number of hydrogen-bond donors (Lipinski definition) is 2. The minimum atomic E-state index is -0.272. The van der Waals surface area contributed by atoms with Crippen LogP contribution in [0, 0.1) is 0 Å². The van der Waals surface area contributed by atoms with Gasteiger partial charge in [0.15, 0.2) is 5.82 Å². The van der Waals surface area contributed by atoms with Gasteiger partial charge in [-0.2, -0.15) is 4.98 Å². The van der Waals surface area contributed by atoms with E-state index in [1.165, 1.54) is 6.42 Å². The van der Waals surface area contributed by atoms with Crippen molar-refractivity contribution >= 4 is 35.0 Å². The first-order valence-corrected chi connectivity index (χ1v) is 12.5. The molecule has 0 unspecified atom stereocenters. The van der Waals surface area contributed by atoms with Gasteiger partial charge in [-0.25, -0.2) is 4.98 Å². The Kier molecular flexibility index (Phi) is 7.42. The van der Waals surface area contributed by atoms with Crippen LogP contribution in [-0.2, 0) is 4.79 Å². The zero-order valence-electron chi connectivity index (χ0n) is 21.3. The van der Waals surface area contributed by atoms with Crippen LogP contribution in [0.25, 0.3) is 0 Å². The molecule has 1 aliphatic carbocycles. The second-order valence-corrected chi connectivity index (χ2v) is 9.57. The molecule has 1 atom stereocenters. The van der Waals surface area contributed by atoms with Crippen molar-refractivity contribution in [3.05, 3.63) is 30.0 Å². The van der Waals surface area contributed by atoms with Crippen molar-refractivity contribution in [3.63, 3.8) is 0 Å². The lowest BCUT2D eigenvalue weighted by atomic mass is 9.95. The average molecular weight is 481 g/mol. The molecule has 2 heterocycles. The third kappa shape index (κ3) is 5.04. The van der Waals surface area contributed by atoms with Gasteiger partial charge in [-0.1, -0.05) is 26.2 Å². The molecule has 1 fully saturated rings. The number of carbonyl (C=O) groups is 2. The van der Waals surface area contributed by atoms with Crippen molar-refractivity contribution in [1.82, 2.24) is 15.3 Å². The Morgan fingerprint density at radius 3 is 2.63 bits per heavy atom. The first kappa shape index (κ1) is 24.8. The number of nitrogens with zero attached hydrogens (tertiary/aromatic N) is 4. The minimum absolute atomic E-state index is 0.0433. The molecule has 1 aromatic carbocycles. The van der Waals surface area contributed by atoms with Crippen LogP contribution in [0.4, 0.5) is 23.1 Å². The molecule has 9 nitrogen and oxygen atoms in total. The van der Waals surface area contributed by atoms with E-state index in [0.29, 0.717) is 40.9 Å². The Balaban J connectivity index is 1.58. The second-order valence-electron chi connectivity index (χ2n) is 9.57. The third-order valence-corrected chi connectivity index (χ3v) is 6.90. The zero-order chi connectivity index (χ0) is 25.1. The number of aromatic nitrogens is 2. The molecule has 1 aliphatic heterocycles. The summed E-state index contributed by atoms with van der Waals surface area (Å²) in [6.07, 6.45) is 7.99. The topological polar surface area (TPSA) is 99.7 Å². The van der Waals surface area contributed by atoms with Crippen molar-refractivity contribution in [1.29, 1.82) is 0 Å². The van der Waals surface area contributed by atoms with Gasteiger partial charge in [0.1, 0.15) is 17.5 Å². The van der Waals surface area contributed by atoms with Crippen LogP contribution in [0.5, 0.6) is 5.75 Å². The van der Waals surface area contributed by atoms with Gasteiger partial charge in [-0.15, -0.1) is 0 Å². The van der Waals surface area contributed by atoms with Gasteiger partial charge >= 0.3 is 0 Å². The van der Waals surface area contributed by atoms with Crippen LogP contribution in [-0.4, -0.2) is 54.1 Å². The number of likely N-dealkylation sites (N-methyl/N-ethyl adjacent to an activating group) is 1. The molecule has 0 saturated heterocycles. The fourth-order valence-corrected chi connectivity index (χ4v) is 5.01. The molecule has 9 heteroatoms. The van der Waals surface area contributed by atoms with E-state index in [0.717, 1.165) is 25.7 Å². The smallest absolute Gasteiger partial charge is 0.251 e. The minimum Gasteiger partial charge on any atom is -0.495 e. The maximum atomic E-state index is 12.9. The molecule has 2 aliphatic rings. The second kappa shape index (κ2) is 10.5. The Hall–Kier alpha value is -3.36. The Labute approximate surface area is 207 Å². The molecule has 188 valence electrons. The Bertz CT molecular complexity index is 1080. The summed E-state index contributed by atoms with van der Waals surface area (Å²) in [7, 11) is 3.34. The number of benzene rings is 1. The molecular formula is C26H36N6O3. The molecular weight excluding hydrogens is 444 g/mol. The largest absolute Gasteiger partial charge is 0.495 e. The van der Waals surface area contributed by atoms with Gasteiger partial charge in [0, 0.05) is 24.7 Å². The summed E-state index contributed by atoms with van der Waals surface area (Å²) in [6, 6.07) is 5.38. The predicted octanol–water partition coefficient (Wildman–Crippen LogP) is 4.26. The van der Waals surface area contributed by atoms with E-state index in [1.54, 1.807) is 37.4 Å². The summed E-state index contributed by atoms with van der Waals surface area (Å²) in [5.74, 6) is 1.60. The van der Waals surface area contributed by atoms with Gasteiger partial charge in [-0.05, 0) is 51.3 Å². The molecule has 0 radical (unpaired) electrons. The van der Waals surface area contributed by atoms with E-state index in [1.807, 2.05) is 13.0 Å². The normalized spacial score (nSPS) is 18.5. The molecule has 2 aromatic rings. The zero-order valence-corrected chi connectivity index (χ0v) is 21.3. The van der Waals surface area contributed by atoms with E-state index in [4.69, 9.17) is 9.72 Å². The summed E-state index contributed by atoms with van der Waals surface area (Å²) in [5.41, 5.74) is 1.90. The van der Waals surface area contributed by atoms with Gasteiger partial charge < -0.3 is 25.2 Å². The Morgan fingerprint density at radius 1 is 1.23 bits per heavy atom. The highest BCUT2D eigenvalue weighted by Gasteiger charge is 2.38. The lowest BCUT2D eigenvalue weighted by molar-refractivity contribution is -0.120. The number of hydrogen-bond acceptors (Lipinski definition) is 7. The van der Waals surface area contributed by atoms with E-state index in [-0.39, 0.29) is 29.9 Å². The summed E-state index contributed by atoms with van der Waals surface area (Å²) < 4.78 is 5.57. The molecule has 4 rings (SSSR count). The van der Waals surface area contributed by atoms with Crippen molar-refractivity contribution in [2.24, 2.45) is 0 Å². The first-order valence-electron chi connectivity index (χ1n) is 12.5. The van der Waals surface area contributed by atoms with Crippen molar-refractivity contribution in [2.45, 2.75) is 77.4 Å². The fraction of sp³-hybridized carbons (Fsp3) is 0.538. The molecule has 2 N–H and O–H groups in total. The summed E-state index contributed by atoms with van der Waals surface area (Å²) in [6.45, 7) is 6.12. The maximum absolute atomic E-state index is 12.9. The monoisotopic (exact) mass is 480 g/mol. The number of anilines is 4. The van der Waals surface area contributed by atoms with Crippen LogP contribution >= 0.6 is 0 Å². The number of rotatable bonds is 7. The van der Waals surface area contributed by atoms with Crippen LogP contribution in [0.3, 0.4) is 0 Å². The number of fused-ring (bicyclic) bond motifs is 1. The number of amides is 2. The highest BCUT2D eigenvalue weighted by Crippen LogP contribution is 2.37. The summed E-state index contributed by atoms with van der Waals surface area (Å²) in [5, 5.41) is 6.38.